The molecule has 1 rings (SSSR count). The molecule has 0 N–H and O–H groups in total. The standard InChI is InChI=1S/C7H10N2S/c1-4-6-5-8(2)7(10)9(6)3/h1,6H,5H2,2-3H3. The van der Waals surface area contributed by atoms with Gasteiger partial charge >= 0.3 is 0 Å². The maximum Gasteiger partial charge on any atom is 0.172 e. The fourth-order valence-corrected chi connectivity index (χ4v) is 1.23. The highest BCUT2D eigenvalue weighted by Crippen LogP contribution is 2.10. The van der Waals surface area contributed by atoms with E-state index in [0.29, 0.717) is 0 Å². The third kappa shape index (κ3) is 0.952. The zero-order valence-electron chi connectivity index (χ0n) is 6.16. The quantitative estimate of drug-likeness (QED) is 0.362. The maximum absolute atomic E-state index is 5.27. The van der Waals surface area contributed by atoms with E-state index in [0.717, 1.165) is 11.7 Å². The molecule has 0 aromatic heterocycles. The normalized spacial score (nSPS) is 25.3. The van der Waals surface area contributed by atoms with Gasteiger partial charge in [-0.15, -0.1) is 6.42 Å². The Hall–Kier alpha value is -0.750. The third-order valence-electron chi connectivity index (χ3n) is 1.73. The van der Waals surface area contributed by atoms with E-state index < -0.39 is 0 Å². The summed E-state index contributed by atoms with van der Waals surface area (Å²) in [6, 6.07) is 0.164. The summed E-state index contributed by atoms with van der Waals surface area (Å²) >= 11 is 5.06. The fraction of sp³-hybridized carbons (Fsp3) is 0.571. The van der Waals surface area contributed by atoms with Crippen LogP contribution in [0.4, 0.5) is 0 Å². The molecular weight excluding hydrogens is 144 g/mol. The second kappa shape index (κ2) is 2.47. The van der Waals surface area contributed by atoms with Gasteiger partial charge in [0.05, 0.1) is 6.54 Å². The van der Waals surface area contributed by atoms with Crippen LogP contribution < -0.4 is 0 Å². The van der Waals surface area contributed by atoms with Gasteiger partial charge in [-0.05, 0) is 12.2 Å². The van der Waals surface area contributed by atoms with E-state index >= 15 is 0 Å². The highest BCUT2D eigenvalue weighted by Gasteiger charge is 2.26. The summed E-state index contributed by atoms with van der Waals surface area (Å²) in [5.41, 5.74) is 0. The summed E-state index contributed by atoms with van der Waals surface area (Å²) in [5.74, 6) is 2.67. The van der Waals surface area contributed by atoms with Crippen LogP contribution in [0.3, 0.4) is 0 Å². The molecule has 1 aliphatic rings. The van der Waals surface area contributed by atoms with Crippen molar-refractivity contribution in [3.05, 3.63) is 0 Å². The number of hydrogen-bond acceptors (Lipinski definition) is 1. The second-order valence-electron chi connectivity index (χ2n) is 2.46. The summed E-state index contributed by atoms with van der Waals surface area (Å²) in [5, 5.41) is 0.836. The summed E-state index contributed by atoms with van der Waals surface area (Å²) in [7, 11) is 3.88. The molecule has 10 heavy (non-hydrogen) atoms. The molecule has 3 heteroatoms. The summed E-state index contributed by atoms with van der Waals surface area (Å²) in [4.78, 5) is 3.93. The molecule has 0 amide bonds. The molecule has 1 atom stereocenters. The molecule has 0 aromatic carbocycles. The van der Waals surface area contributed by atoms with Crippen molar-refractivity contribution >= 4 is 17.3 Å². The van der Waals surface area contributed by atoms with E-state index in [2.05, 4.69) is 5.92 Å². The van der Waals surface area contributed by atoms with Gasteiger partial charge in [-0.3, -0.25) is 0 Å². The Labute approximate surface area is 66.8 Å². The first-order valence-electron chi connectivity index (χ1n) is 3.11. The van der Waals surface area contributed by atoms with Gasteiger partial charge in [0.25, 0.3) is 0 Å². The smallest absolute Gasteiger partial charge is 0.172 e. The lowest BCUT2D eigenvalue weighted by Gasteiger charge is -2.14. The topological polar surface area (TPSA) is 6.48 Å². The zero-order chi connectivity index (χ0) is 7.72. The Balaban J connectivity index is 2.73. The Morgan fingerprint density at radius 1 is 1.70 bits per heavy atom. The first-order chi connectivity index (χ1) is 4.66. The fourth-order valence-electron chi connectivity index (χ4n) is 1.03. The Bertz CT molecular complexity index is 194. The van der Waals surface area contributed by atoms with Crippen LogP contribution in [-0.2, 0) is 0 Å². The molecule has 1 fully saturated rings. The van der Waals surface area contributed by atoms with Crippen LogP contribution in [0.15, 0.2) is 0 Å². The SMILES string of the molecule is C#CC1CN(C)C(=S)N1C. The zero-order valence-corrected chi connectivity index (χ0v) is 6.98. The van der Waals surface area contributed by atoms with Crippen molar-refractivity contribution in [1.29, 1.82) is 0 Å². The second-order valence-corrected chi connectivity index (χ2v) is 2.82. The van der Waals surface area contributed by atoms with Crippen molar-refractivity contribution in [3.63, 3.8) is 0 Å². The minimum Gasteiger partial charge on any atom is -0.349 e. The van der Waals surface area contributed by atoms with Gasteiger partial charge in [0.1, 0.15) is 6.04 Å². The van der Waals surface area contributed by atoms with Crippen LogP contribution in [0.2, 0.25) is 0 Å². The van der Waals surface area contributed by atoms with Gasteiger partial charge < -0.3 is 9.80 Å². The lowest BCUT2D eigenvalue weighted by atomic mass is 10.3. The number of likely N-dealkylation sites (N-methyl/N-ethyl adjacent to an activating group) is 2. The molecule has 0 aliphatic carbocycles. The van der Waals surface area contributed by atoms with Crippen molar-refractivity contribution < 1.29 is 0 Å². The number of nitrogens with zero attached hydrogens (tertiary/aromatic N) is 2. The van der Waals surface area contributed by atoms with E-state index in [1.165, 1.54) is 0 Å². The van der Waals surface area contributed by atoms with Crippen molar-refractivity contribution in [3.8, 4) is 12.3 Å². The van der Waals surface area contributed by atoms with Gasteiger partial charge in [-0.2, -0.15) is 0 Å². The number of rotatable bonds is 0. The molecule has 0 bridgehead atoms. The van der Waals surface area contributed by atoms with E-state index in [1.807, 2.05) is 23.9 Å². The summed E-state index contributed by atoms with van der Waals surface area (Å²) < 4.78 is 0. The molecule has 1 unspecified atom stereocenters. The molecular formula is C7H10N2S. The molecule has 0 aromatic rings. The Kier molecular flexibility index (Phi) is 1.82. The van der Waals surface area contributed by atoms with Gasteiger partial charge in [0.15, 0.2) is 5.11 Å². The summed E-state index contributed by atoms with van der Waals surface area (Å²) in [6.45, 7) is 0.853. The average Bonchev–Trinajstić information content (AvgIpc) is 2.17. The first kappa shape index (κ1) is 7.36. The molecule has 2 nitrogen and oxygen atoms in total. The van der Waals surface area contributed by atoms with E-state index in [9.17, 15) is 0 Å². The minimum atomic E-state index is 0.164. The van der Waals surface area contributed by atoms with E-state index in [1.54, 1.807) is 0 Å². The predicted octanol–water partition coefficient (Wildman–Crippen LogP) is 0.150. The van der Waals surface area contributed by atoms with Crippen LogP contribution in [0, 0.1) is 12.3 Å². The molecule has 1 aliphatic heterocycles. The Morgan fingerprint density at radius 3 is 2.50 bits per heavy atom. The van der Waals surface area contributed by atoms with Gasteiger partial charge in [-0.25, -0.2) is 0 Å². The number of terminal acetylenes is 1. The maximum atomic E-state index is 5.27. The van der Waals surface area contributed by atoms with Crippen molar-refractivity contribution in [2.75, 3.05) is 20.6 Å². The Morgan fingerprint density at radius 2 is 2.30 bits per heavy atom. The lowest BCUT2D eigenvalue weighted by Crippen LogP contribution is -2.28. The monoisotopic (exact) mass is 154 g/mol. The van der Waals surface area contributed by atoms with Crippen molar-refractivity contribution in [2.45, 2.75) is 6.04 Å². The minimum absolute atomic E-state index is 0.164. The van der Waals surface area contributed by atoms with Gasteiger partial charge in [-0.1, -0.05) is 5.92 Å². The van der Waals surface area contributed by atoms with E-state index in [-0.39, 0.29) is 6.04 Å². The molecule has 1 heterocycles. The highest BCUT2D eigenvalue weighted by molar-refractivity contribution is 7.80. The number of hydrogen-bond donors (Lipinski definition) is 0. The first-order valence-corrected chi connectivity index (χ1v) is 3.51. The van der Waals surface area contributed by atoms with Gasteiger partial charge in [0.2, 0.25) is 0 Å². The largest absolute Gasteiger partial charge is 0.349 e. The van der Waals surface area contributed by atoms with Crippen molar-refractivity contribution in [1.82, 2.24) is 9.80 Å². The number of thiocarbonyl (C=S) groups is 1. The van der Waals surface area contributed by atoms with E-state index in [4.69, 9.17) is 18.6 Å². The molecule has 0 spiro atoms. The van der Waals surface area contributed by atoms with Crippen molar-refractivity contribution in [2.24, 2.45) is 0 Å². The predicted molar refractivity (Wildman–Crippen MR) is 45.6 cm³/mol. The van der Waals surface area contributed by atoms with Crippen LogP contribution >= 0.6 is 12.2 Å². The molecule has 54 valence electrons. The molecule has 0 radical (unpaired) electrons. The third-order valence-corrected chi connectivity index (χ3v) is 2.33. The summed E-state index contributed by atoms with van der Waals surface area (Å²) in [6.07, 6.45) is 5.27. The van der Waals surface area contributed by atoms with Crippen LogP contribution in [0.1, 0.15) is 0 Å². The van der Waals surface area contributed by atoms with Crippen LogP contribution in [0.5, 0.6) is 0 Å². The van der Waals surface area contributed by atoms with Gasteiger partial charge in [0, 0.05) is 14.1 Å². The lowest BCUT2D eigenvalue weighted by molar-refractivity contribution is 0.479. The molecule has 0 saturated carbocycles. The molecule has 1 saturated heterocycles. The van der Waals surface area contributed by atoms with Crippen LogP contribution in [0.25, 0.3) is 0 Å². The van der Waals surface area contributed by atoms with Crippen LogP contribution in [-0.4, -0.2) is 41.6 Å². The highest BCUT2D eigenvalue weighted by atomic mass is 32.1. The average molecular weight is 154 g/mol.